The summed E-state index contributed by atoms with van der Waals surface area (Å²) < 4.78 is 78.6. The summed E-state index contributed by atoms with van der Waals surface area (Å²) in [4.78, 5) is 26.5. The van der Waals surface area contributed by atoms with Gasteiger partial charge in [0.1, 0.15) is 0 Å². The fraction of sp³-hybridized carbons (Fsp3) is 0.300. The molecule has 9 nitrogen and oxygen atoms in total. The molecule has 14 heteroatoms. The predicted octanol–water partition coefficient (Wildman–Crippen LogP) is 2.68. The van der Waals surface area contributed by atoms with Crippen LogP contribution in [0.3, 0.4) is 0 Å². The summed E-state index contributed by atoms with van der Waals surface area (Å²) in [6.07, 6.45) is 0.601. The molecule has 1 aromatic carbocycles. The lowest BCUT2D eigenvalue weighted by Gasteiger charge is -2.37. The number of anilines is 2. The van der Waals surface area contributed by atoms with E-state index in [4.69, 9.17) is 5.14 Å². The number of nitrogens with one attached hydrogen (secondary N) is 1. The fourth-order valence-corrected chi connectivity index (χ4v) is 4.03. The van der Waals surface area contributed by atoms with Gasteiger partial charge in [-0.15, -0.1) is 0 Å². The molecule has 180 valence electrons. The van der Waals surface area contributed by atoms with Crippen molar-refractivity contribution in [2.24, 2.45) is 11.1 Å². The zero-order valence-electron chi connectivity index (χ0n) is 17.6. The van der Waals surface area contributed by atoms with Gasteiger partial charge in [-0.25, -0.2) is 46.1 Å². The number of halogens is 4. The molecule has 1 fully saturated rings. The van der Waals surface area contributed by atoms with Crippen LogP contribution in [0.4, 0.5) is 29.1 Å². The van der Waals surface area contributed by atoms with Crippen molar-refractivity contribution in [2.45, 2.75) is 24.3 Å². The SMILES string of the molecule is CC1CN(c2nc3cc(F)c(F)cc3nc2C(=O)Nc2ccnc(S(N)(=O)=O)c2)CCC1(F)F. The largest absolute Gasteiger partial charge is 0.354 e. The van der Waals surface area contributed by atoms with E-state index < -0.39 is 50.9 Å². The third-order valence-corrected chi connectivity index (χ3v) is 6.22. The Morgan fingerprint density at radius 3 is 2.44 bits per heavy atom. The Morgan fingerprint density at radius 1 is 1.18 bits per heavy atom. The maximum Gasteiger partial charge on any atom is 0.278 e. The Balaban J connectivity index is 1.78. The summed E-state index contributed by atoms with van der Waals surface area (Å²) in [5.41, 5.74) is -0.551. The summed E-state index contributed by atoms with van der Waals surface area (Å²) in [7, 11) is -4.15. The molecule has 1 aliphatic rings. The molecule has 1 aliphatic heterocycles. The van der Waals surface area contributed by atoms with Crippen LogP contribution in [0.5, 0.6) is 0 Å². The molecule has 0 radical (unpaired) electrons. The highest BCUT2D eigenvalue weighted by molar-refractivity contribution is 7.89. The highest BCUT2D eigenvalue weighted by Crippen LogP contribution is 2.36. The number of fused-ring (bicyclic) bond motifs is 1. The molecule has 1 atom stereocenters. The van der Waals surface area contributed by atoms with Crippen molar-refractivity contribution >= 4 is 38.5 Å². The van der Waals surface area contributed by atoms with Crippen molar-refractivity contribution in [2.75, 3.05) is 23.3 Å². The second-order valence-corrected chi connectivity index (χ2v) is 9.40. The molecule has 34 heavy (non-hydrogen) atoms. The number of nitrogens with two attached hydrogens (primary N) is 1. The number of carbonyl (C=O) groups is 1. The van der Waals surface area contributed by atoms with Crippen LogP contribution in [0.1, 0.15) is 23.8 Å². The number of primary sulfonamides is 1. The summed E-state index contributed by atoms with van der Waals surface area (Å²) in [5, 5.41) is 6.98. The molecule has 2 aromatic heterocycles. The van der Waals surface area contributed by atoms with Crippen molar-refractivity contribution in [1.82, 2.24) is 15.0 Å². The summed E-state index contributed by atoms with van der Waals surface area (Å²) in [5.74, 6) is -7.36. The van der Waals surface area contributed by atoms with E-state index in [2.05, 4.69) is 20.3 Å². The minimum Gasteiger partial charge on any atom is -0.354 e. The molecule has 4 rings (SSSR count). The highest BCUT2D eigenvalue weighted by Gasteiger charge is 2.42. The third kappa shape index (κ3) is 4.63. The fourth-order valence-electron chi connectivity index (χ4n) is 3.53. The van der Waals surface area contributed by atoms with E-state index in [9.17, 15) is 30.8 Å². The van der Waals surface area contributed by atoms with Crippen LogP contribution in [0.2, 0.25) is 0 Å². The van der Waals surface area contributed by atoms with Gasteiger partial charge in [-0.1, -0.05) is 6.92 Å². The van der Waals surface area contributed by atoms with Gasteiger partial charge < -0.3 is 10.2 Å². The quantitative estimate of drug-likeness (QED) is 0.529. The van der Waals surface area contributed by atoms with E-state index in [-0.39, 0.29) is 41.3 Å². The smallest absolute Gasteiger partial charge is 0.278 e. The molecule has 0 saturated carbocycles. The molecule has 1 unspecified atom stereocenters. The first-order valence-corrected chi connectivity index (χ1v) is 11.5. The zero-order valence-corrected chi connectivity index (χ0v) is 18.4. The van der Waals surface area contributed by atoms with Crippen LogP contribution in [0, 0.1) is 17.6 Å². The minimum absolute atomic E-state index is 0.000652. The molecule has 3 aromatic rings. The van der Waals surface area contributed by atoms with E-state index in [1.807, 2.05) is 0 Å². The first kappa shape index (κ1) is 23.8. The number of alkyl halides is 2. The monoisotopic (exact) mass is 498 g/mol. The predicted molar refractivity (Wildman–Crippen MR) is 114 cm³/mol. The molecule has 0 bridgehead atoms. The van der Waals surface area contributed by atoms with Gasteiger partial charge in [0, 0.05) is 55.5 Å². The molecule has 0 spiro atoms. The normalized spacial score (nSPS) is 18.2. The number of carbonyl (C=O) groups excluding carboxylic acids is 1. The molecular formula is C20H18F4N6O3S. The van der Waals surface area contributed by atoms with E-state index in [0.29, 0.717) is 0 Å². The van der Waals surface area contributed by atoms with E-state index >= 15 is 0 Å². The standard InChI is InChI=1S/C20H18F4N6O3S/c1-10-9-30(5-3-20(10,23)24)18-17(28-14-7-12(21)13(22)8-15(14)29-18)19(31)27-11-2-4-26-16(6-11)34(25,32)33/h2,4,6-8,10H,3,5,9H2,1H3,(H2,25,32,33)(H,26,27,31). The molecule has 0 aliphatic carbocycles. The number of amides is 1. The Kier molecular flexibility index (Phi) is 5.89. The van der Waals surface area contributed by atoms with Crippen LogP contribution in [-0.4, -0.2) is 48.3 Å². The van der Waals surface area contributed by atoms with Crippen molar-refractivity contribution in [3.05, 3.63) is 47.8 Å². The van der Waals surface area contributed by atoms with Gasteiger partial charge in [0.25, 0.3) is 21.9 Å². The molecular weight excluding hydrogens is 480 g/mol. The van der Waals surface area contributed by atoms with Gasteiger partial charge >= 0.3 is 0 Å². The van der Waals surface area contributed by atoms with Crippen LogP contribution < -0.4 is 15.4 Å². The van der Waals surface area contributed by atoms with Crippen molar-refractivity contribution in [3.8, 4) is 0 Å². The number of hydrogen-bond acceptors (Lipinski definition) is 7. The molecule has 1 saturated heterocycles. The average Bonchev–Trinajstić information content (AvgIpc) is 2.75. The van der Waals surface area contributed by atoms with E-state index in [1.165, 1.54) is 17.9 Å². The van der Waals surface area contributed by atoms with Gasteiger partial charge in [0.05, 0.1) is 11.0 Å². The Labute approximate surface area is 191 Å². The molecule has 1 amide bonds. The minimum atomic E-state index is -4.15. The highest BCUT2D eigenvalue weighted by atomic mass is 32.2. The van der Waals surface area contributed by atoms with Crippen LogP contribution in [0.25, 0.3) is 11.0 Å². The van der Waals surface area contributed by atoms with Crippen molar-refractivity contribution in [1.29, 1.82) is 0 Å². The lowest BCUT2D eigenvalue weighted by Crippen LogP contribution is -2.46. The maximum absolute atomic E-state index is 14.0. The number of nitrogens with zero attached hydrogens (tertiary/aromatic N) is 4. The van der Waals surface area contributed by atoms with Crippen molar-refractivity contribution < 1.29 is 30.8 Å². The molecule has 3 heterocycles. The van der Waals surface area contributed by atoms with Gasteiger partial charge in [-0.05, 0) is 6.07 Å². The number of hydrogen-bond donors (Lipinski definition) is 2. The van der Waals surface area contributed by atoms with Crippen LogP contribution in [-0.2, 0) is 10.0 Å². The second-order valence-electron chi connectivity index (χ2n) is 7.89. The van der Waals surface area contributed by atoms with Crippen LogP contribution >= 0.6 is 0 Å². The van der Waals surface area contributed by atoms with Gasteiger partial charge in [-0.3, -0.25) is 4.79 Å². The van der Waals surface area contributed by atoms with E-state index in [1.54, 1.807) is 0 Å². The third-order valence-electron chi connectivity index (χ3n) is 5.42. The first-order chi connectivity index (χ1) is 15.8. The number of rotatable bonds is 4. The Bertz CT molecular complexity index is 1400. The number of piperidine rings is 1. The lowest BCUT2D eigenvalue weighted by atomic mass is 9.95. The summed E-state index contributed by atoms with van der Waals surface area (Å²) in [6, 6.07) is 3.86. The number of sulfonamides is 1. The Morgan fingerprint density at radius 2 is 1.82 bits per heavy atom. The summed E-state index contributed by atoms with van der Waals surface area (Å²) in [6.45, 7) is 1.02. The van der Waals surface area contributed by atoms with E-state index in [0.717, 1.165) is 24.4 Å². The number of benzene rings is 1. The number of aromatic nitrogens is 3. The summed E-state index contributed by atoms with van der Waals surface area (Å²) >= 11 is 0. The van der Waals surface area contributed by atoms with Gasteiger partial charge in [-0.2, -0.15) is 0 Å². The number of pyridine rings is 1. The van der Waals surface area contributed by atoms with Gasteiger partial charge in [0.15, 0.2) is 28.2 Å². The zero-order chi connectivity index (χ0) is 24.8. The maximum atomic E-state index is 14.0. The Hall–Kier alpha value is -3.39. The average molecular weight is 498 g/mol. The lowest BCUT2D eigenvalue weighted by molar-refractivity contribution is -0.0652. The second kappa shape index (κ2) is 8.43. The molecule has 3 N–H and O–H groups in total. The van der Waals surface area contributed by atoms with Crippen LogP contribution in [0.15, 0.2) is 35.5 Å². The van der Waals surface area contributed by atoms with Crippen molar-refractivity contribution in [3.63, 3.8) is 0 Å². The first-order valence-electron chi connectivity index (χ1n) is 9.95. The van der Waals surface area contributed by atoms with Gasteiger partial charge in [0.2, 0.25) is 0 Å². The topological polar surface area (TPSA) is 131 Å².